The van der Waals surface area contributed by atoms with Gasteiger partial charge in [0.25, 0.3) is 0 Å². The van der Waals surface area contributed by atoms with Crippen LogP contribution in [0.15, 0.2) is 78.9 Å². The minimum absolute atomic E-state index is 0.121. The molecular formula is C27H27N5O2. The fraction of sp³-hybridized carbons (Fsp3) is 0.222. The van der Waals surface area contributed by atoms with Gasteiger partial charge in [0.05, 0.1) is 18.0 Å². The van der Waals surface area contributed by atoms with E-state index in [1.807, 2.05) is 66.4 Å². The van der Waals surface area contributed by atoms with Crippen LogP contribution in [0, 0.1) is 0 Å². The maximum absolute atomic E-state index is 12.8. The number of urea groups is 1. The third-order valence-electron chi connectivity index (χ3n) is 6.04. The Bertz CT molecular complexity index is 1280. The van der Waals surface area contributed by atoms with Gasteiger partial charge in [0.15, 0.2) is 5.82 Å². The van der Waals surface area contributed by atoms with Gasteiger partial charge < -0.3 is 19.9 Å². The Morgan fingerprint density at radius 1 is 0.882 bits per heavy atom. The SMILES string of the molecule is CCOc1ccccc1NC(=O)N1CCN(c2ccc(-c3cccc4ccccc34)nn2)CC1. The Labute approximate surface area is 199 Å². The number of fused-ring (bicyclic) bond motifs is 1. The number of rotatable bonds is 5. The fourth-order valence-electron chi connectivity index (χ4n) is 4.27. The lowest BCUT2D eigenvalue weighted by Gasteiger charge is -2.35. The molecule has 1 N–H and O–H groups in total. The Kier molecular flexibility index (Phi) is 6.25. The van der Waals surface area contributed by atoms with Crippen molar-refractivity contribution in [2.75, 3.05) is 43.0 Å². The molecular weight excluding hydrogens is 426 g/mol. The first-order valence-corrected chi connectivity index (χ1v) is 11.6. The lowest BCUT2D eigenvalue weighted by Crippen LogP contribution is -2.50. The van der Waals surface area contributed by atoms with Crippen molar-refractivity contribution in [2.45, 2.75) is 6.92 Å². The average Bonchev–Trinajstić information content (AvgIpc) is 2.90. The Balaban J connectivity index is 1.23. The van der Waals surface area contributed by atoms with Crippen LogP contribution in [0.1, 0.15) is 6.92 Å². The highest BCUT2D eigenvalue weighted by Gasteiger charge is 2.23. The van der Waals surface area contributed by atoms with Crippen LogP contribution >= 0.6 is 0 Å². The summed E-state index contributed by atoms with van der Waals surface area (Å²) >= 11 is 0. The van der Waals surface area contributed by atoms with Crippen LogP contribution < -0.4 is 15.0 Å². The molecule has 1 aliphatic heterocycles. The van der Waals surface area contributed by atoms with Crippen LogP contribution in [-0.2, 0) is 0 Å². The van der Waals surface area contributed by atoms with Gasteiger partial charge in [-0.2, -0.15) is 0 Å². The summed E-state index contributed by atoms with van der Waals surface area (Å²) in [6.45, 7) is 5.08. The van der Waals surface area contributed by atoms with E-state index in [-0.39, 0.29) is 6.03 Å². The number of piperazine rings is 1. The zero-order valence-corrected chi connectivity index (χ0v) is 19.1. The number of nitrogens with zero attached hydrogens (tertiary/aromatic N) is 4. The summed E-state index contributed by atoms with van der Waals surface area (Å²) in [4.78, 5) is 16.8. The minimum Gasteiger partial charge on any atom is -0.492 e. The number of benzene rings is 3. The summed E-state index contributed by atoms with van der Waals surface area (Å²) in [5.41, 5.74) is 2.61. The van der Waals surface area contributed by atoms with Crippen LogP contribution in [0.3, 0.4) is 0 Å². The number of ether oxygens (including phenoxy) is 1. The first kappa shape index (κ1) is 21.7. The fourth-order valence-corrected chi connectivity index (χ4v) is 4.27. The molecule has 0 bridgehead atoms. The van der Waals surface area contributed by atoms with E-state index in [2.05, 4.69) is 44.7 Å². The molecule has 2 heterocycles. The van der Waals surface area contributed by atoms with Crippen LogP contribution in [-0.4, -0.2) is 53.9 Å². The number of carbonyl (C=O) groups excluding carboxylic acids is 1. The van der Waals surface area contributed by atoms with Crippen molar-refractivity contribution < 1.29 is 9.53 Å². The number of nitrogens with one attached hydrogen (secondary N) is 1. The van der Waals surface area contributed by atoms with Crippen LogP contribution in [0.5, 0.6) is 5.75 Å². The van der Waals surface area contributed by atoms with Crippen LogP contribution in [0.4, 0.5) is 16.3 Å². The molecule has 0 atom stereocenters. The molecule has 5 rings (SSSR count). The van der Waals surface area contributed by atoms with Gasteiger partial charge >= 0.3 is 6.03 Å². The molecule has 34 heavy (non-hydrogen) atoms. The van der Waals surface area contributed by atoms with E-state index >= 15 is 0 Å². The molecule has 3 aromatic carbocycles. The quantitative estimate of drug-likeness (QED) is 0.458. The molecule has 1 fully saturated rings. The molecule has 2 amide bonds. The highest BCUT2D eigenvalue weighted by Crippen LogP contribution is 2.28. The number of para-hydroxylation sites is 2. The highest BCUT2D eigenvalue weighted by molar-refractivity contribution is 5.95. The van der Waals surface area contributed by atoms with E-state index in [0.717, 1.165) is 22.5 Å². The molecule has 0 radical (unpaired) electrons. The monoisotopic (exact) mass is 453 g/mol. The van der Waals surface area contributed by atoms with Crippen molar-refractivity contribution in [2.24, 2.45) is 0 Å². The van der Waals surface area contributed by atoms with E-state index in [1.165, 1.54) is 5.39 Å². The highest BCUT2D eigenvalue weighted by atomic mass is 16.5. The molecule has 4 aromatic rings. The third-order valence-corrected chi connectivity index (χ3v) is 6.04. The van der Waals surface area contributed by atoms with Gasteiger partial charge in [-0.15, -0.1) is 10.2 Å². The summed E-state index contributed by atoms with van der Waals surface area (Å²) in [6.07, 6.45) is 0. The summed E-state index contributed by atoms with van der Waals surface area (Å²) < 4.78 is 5.61. The van der Waals surface area contributed by atoms with E-state index in [1.54, 1.807) is 0 Å². The maximum Gasteiger partial charge on any atom is 0.322 e. The average molecular weight is 454 g/mol. The van der Waals surface area contributed by atoms with Crippen molar-refractivity contribution in [1.29, 1.82) is 0 Å². The summed E-state index contributed by atoms with van der Waals surface area (Å²) in [5.74, 6) is 1.50. The standard InChI is InChI=1S/C27H27N5O2/c1-2-34-25-13-6-5-12-24(25)28-27(33)32-18-16-31(17-19-32)26-15-14-23(29-30-26)22-11-7-9-20-8-3-4-10-21(20)22/h3-15H,2,16-19H2,1H3,(H,28,33). The number of carbonyl (C=O) groups is 1. The smallest absolute Gasteiger partial charge is 0.322 e. The summed E-state index contributed by atoms with van der Waals surface area (Å²) in [7, 11) is 0. The van der Waals surface area contributed by atoms with Crippen molar-refractivity contribution in [3.8, 4) is 17.0 Å². The molecule has 1 saturated heterocycles. The lowest BCUT2D eigenvalue weighted by atomic mass is 10.0. The number of aromatic nitrogens is 2. The normalized spacial score (nSPS) is 13.7. The Morgan fingerprint density at radius 3 is 2.44 bits per heavy atom. The van der Waals surface area contributed by atoms with E-state index in [4.69, 9.17) is 4.74 Å². The predicted octanol–water partition coefficient (Wildman–Crippen LogP) is 5.05. The first-order valence-electron chi connectivity index (χ1n) is 11.6. The second-order valence-electron chi connectivity index (χ2n) is 8.14. The second-order valence-corrected chi connectivity index (χ2v) is 8.14. The third kappa shape index (κ3) is 4.50. The van der Waals surface area contributed by atoms with Gasteiger partial charge in [-0.05, 0) is 42.0 Å². The van der Waals surface area contributed by atoms with Gasteiger partial charge in [0, 0.05) is 31.7 Å². The molecule has 0 spiro atoms. The second kappa shape index (κ2) is 9.79. The topological polar surface area (TPSA) is 70.6 Å². The van der Waals surface area contributed by atoms with E-state index in [0.29, 0.717) is 44.2 Å². The molecule has 1 aromatic heterocycles. The number of amides is 2. The number of anilines is 2. The van der Waals surface area contributed by atoms with Crippen LogP contribution in [0.25, 0.3) is 22.0 Å². The summed E-state index contributed by atoms with van der Waals surface area (Å²) in [6, 6.07) is 25.9. The molecule has 1 aliphatic rings. The largest absolute Gasteiger partial charge is 0.492 e. The van der Waals surface area contributed by atoms with Gasteiger partial charge in [0.2, 0.25) is 0 Å². The molecule has 0 saturated carbocycles. The van der Waals surface area contributed by atoms with Crippen molar-refractivity contribution >= 4 is 28.3 Å². The van der Waals surface area contributed by atoms with Gasteiger partial charge in [0.1, 0.15) is 5.75 Å². The summed E-state index contributed by atoms with van der Waals surface area (Å²) in [5, 5.41) is 14.3. The molecule has 172 valence electrons. The van der Waals surface area contributed by atoms with Crippen molar-refractivity contribution in [3.05, 3.63) is 78.9 Å². The van der Waals surface area contributed by atoms with Crippen molar-refractivity contribution in [3.63, 3.8) is 0 Å². The number of hydrogen-bond acceptors (Lipinski definition) is 5. The molecule has 0 unspecified atom stereocenters. The van der Waals surface area contributed by atoms with Gasteiger partial charge in [-0.1, -0.05) is 54.6 Å². The van der Waals surface area contributed by atoms with Gasteiger partial charge in [-0.3, -0.25) is 0 Å². The Morgan fingerprint density at radius 2 is 1.65 bits per heavy atom. The Hall–Kier alpha value is -4.13. The first-order chi connectivity index (χ1) is 16.7. The van der Waals surface area contributed by atoms with Crippen molar-refractivity contribution in [1.82, 2.24) is 15.1 Å². The van der Waals surface area contributed by atoms with E-state index in [9.17, 15) is 4.79 Å². The minimum atomic E-state index is -0.121. The van der Waals surface area contributed by atoms with E-state index < -0.39 is 0 Å². The number of hydrogen-bond donors (Lipinski definition) is 1. The molecule has 0 aliphatic carbocycles. The molecule has 7 heteroatoms. The maximum atomic E-state index is 12.8. The zero-order chi connectivity index (χ0) is 23.3. The van der Waals surface area contributed by atoms with Crippen LogP contribution in [0.2, 0.25) is 0 Å². The zero-order valence-electron chi connectivity index (χ0n) is 19.1. The molecule has 7 nitrogen and oxygen atoms in total. The predicted molar refractivity (Wildman–Crippen MR) is 135 cm³/mol. The lowest BCUT2D eigenvalue weighted by molar-refractivity contribution is 0.208. The van der Waals surface area contributed by atoms with Gasteiger partial charge in [-0.25, -0.2) is 4.79 Å².